The van der Waals surface area contributed by atoms with Crippen molar-refractivity contribution in [3.8, 4) is 0 Å². The quantitative estimate of drug-likeness (QED) is 0.827. The van der Waals surface area contributed by atoms with Crippen molar-refractivity contribution in [3.05, 3.63) is 29.3 Å². The highest BCUT2D eigenvalue weighted by Gasteiger charge is 2.35. The lowest BCUT2D eigenvalue weighted by atomic mass is 9.73. The lowest BCUT2D eigenvalue weighted by molar-refractivity contribution is 0.223. The predicted molar refractivity (Wildman–Crippen MR) is 88.3 cm³/mol. The zero-order valence-electron chi connectivity index (χ0n) is 12.7. The van der Waals surface area contributed by atoms with Gasteiger partial charge in [-0.05, 0) is 43.2 Å². The highest BCUT2D eigenvalue weighted by atomic mass is 35.5. The Bertz CT molecular complexity index is 433. The number of hydrogen-bond acceptors (Lipinski definition) is 2. The van der Waals surface area contributed by atoms with E-state index in [2.05, 4.69) is 19.2 Å². The third-order valence-electron chi connectivity index (χ3n) is 4.42. The van der Waals surface area contributed by atoms with E-state index in [4.69, 9.17) is 17.3 Å². The smallest absolute Gasteiger partial charge is 0.0637 e. The number of hydrogen-bond donors (Lipinski definition) is 2. The largest absolute Gasteiger partial charge is 0.377 e. The van der Waals surface area contributed by atoms with E-state index in [0.29, 0.717) is 6.54 Å². The average Bonchev–Trinajstić information content (AvgIpc) is 2.41. The third kappa shape index (κ3) is 3.89. The van der Waals surface area contributed by atoms with Gasteiger partial charge < -0.3 is 11.1 Å². The molecule has 112 valence electrons. The second-order valence-electron chi connectivity index (χ2n) is 6.68. The first-order valence-corrected chi connectivity index (χ1v) is 8.15. The van der Waals surface area contributed by atoms with E-state index in [1.165, 1.54) is 19.3 Å². The molecule has 1 saturated carbocycles. The normalized spacial score (nSPS) is 26.8. The molecular formula is C17H27ClN2. The summed E-state index contributed by atoms with van der Waals surface area (Å²) in [6.07, 6.45) is 6.19. The summed E-state index contributed by atoms with van der Waals surface area (Å²) in [5.74, 6) is 1.54. The fourth-order valence-electron chi connectivity index (χ4n) is 3.55. The summed E-state index contributed by atoms with van der Waals surface area (Å²) in [5, 5.41) is 4.44. The zero-order chi connectivity index (χ0) is 14.6. The van der Waals surface area contributed by atoms with Crippen LogP contribution in [0.15, 0.2) is 24.3 Å². The number of anilines is 1. The Hall–Kier alpha value is -0.730. The van der Waals surface area contributed by atoms with Crippen LogP contribution in [-0.2, 0) is 0 Å². The van der Waals surface area contributed by atoms with Gasteiger partial charge >= 0.3 is 0 Å². The summed E-state index contributed by atoms with van der Waals surface area (Å²) in [7, 11) is 0. The third-order valence-corrected chi connectivity index (χ3v) is 4.75. The van der Waals surface area contributed by atoms with Crippen LogP contribution in [0.1, 0.15) is 46.0 Å². The van der Waals surface area contributed by atoms with E-state index in [-0.39, 0.29) is 5.54 Å². The minimum atomic E-state index is 0.0167. The van der Waals surface area contributed by atoms with Crippen molar-refractivity contribution in [1.82, 2.24) is 0 Å². The van der Waals surface area contributed by atoms with Gasteiger partial charge in [0.1, 0.15) is 0 Å². The van der Waals surface area contributed by atoms with Crippen molar-refractivity contribution in [2.45, 2.75) is 51.5 Å². The molecule has 3 N–H and O–H groups in total. The van der Waals surface area contributed by atoms with Crippen LogP contribution >= 0.6 is 11.6 Å². The van der Waals surface area contributed by atoms with Crippen molar-refractivity contribution < 1.29 is 0 Å². The zero-order valence-corrected chi connectivity index (χ0v) is 13.4. The van der Waals surface area contributed by atoms with Crippen LogP contribution in [0, 0.1) is 11.8 Å². The molecule has 0 aromatic heterocycles. The summed E-state index contributed by atoms with van der Waals surface area (Å²) >= 11 is 6.28. The number of halogens is 1. The standard InChI is InChI=1S/C17H27ClN2/c1-13(2)10-14-6-5-9-17(11-14,12-19)20-16-8-4-3-7-15(16)18/h3-4,7-8,13-14,20H,5-6,9-12,19H2,1-2H3. The molecule has 0 saturated heterocycles. The molecule has 1 aliphatic carbocycles. The molecule has 2 atom stereocenters. The Morgan fingerprint density at radius 2 is 2.15 bits per heavy atom. The van der Waals surface area contributed by atoms with Gasteiger partial charge in [-0.1, -0.05) is 50.4 Å². The van der Waals surface area contributed by atoms with Crippen molar-refractivity contribution in [2.75, 3.05) is 11.9 Å². The maximum Gasteiger partial charge on any atom is 0.0637 e. The fraction of sp³-hybridized carbons (Fsp3) is 0.647. The lowest BCUT2D eigenvalue weighted by Gasteiger charge is -2.42. The lowest BCUT2D eigenvalue weighted by Crippen LogP contribution is -2.49. The molecule has 2 nitrogen and oxygen atoms in total. The highest BCUT2D eigenvalue weighted by Crippen LogP contribution is 2.38. The summed E-state index contributed by atoms with van der Waals surface area (Å²) in [5.41, 5.74) is 7.16. The van der Waals surface area contributed by atoms with Gasteiger partial charge in [0.05, 0.1) is 10.7 Å². The van der Waals surface area contributed by atoms with Gasteiger partial charge in [0.25, 0.3) is 0 Å². The Kier molecular flexibility index (Phi) is 5.34. The number of nitrogens with one attached hydrogen (secondary N) is 1. The first-order chi connectivity index (χ1) is 9.54. The van der Waals surface area contributed by atoms with E-state index in [1.54, 1.807) is 0 Å². The van der Waals surface area contributed by atoms with E-state index in [1.807, 2.05) is 24.3 Å². The first kappa shape index (κ1) is 15.7. The summed E-state index contributed by atoms with van der Waals surface area (Å²) in [6, 6.07) is 7.96. The second-order valence-corrected chi connectivity index (χ2v) is 7.09. The Morgan fingerprint density at radius 1 is 1.40 bits per heavy atom. The Morgan fingerprint density at radius 3 is 2.80 bits per heavy atom. The second kappa shape index (κ2) is 6.82. The summed E-state index contributed by atoms with van der Waals surface area (Å²) in [6.45, 7) is 5.28. The van der Waals surface area contributed by atoms with Gasteiger partial charge in [0.15, 0.2) is 0 Å². The van der Waals surface area contributed by atoms with Crippen molar-refractivity contribution >= 4 is 17.3 Å². The Labute approximate surface area is 128 Å². The highest BCUT2D eigenvalue weighted by molar-refractivity contribution is 6.33. The number of rotatable bonds is 5. The maximum atomic E-state index is 6.28. The van der Waals surface area contributed by atoms with Gasteiger partial charge in [-0.3, -0.25) is 0 Å². The van der Waals surface area contributed by atoms with E-state index in [9.17, 15) is 0 Å². The maximum absolute atomic E-state index is 6.28. The number of nitrogens with two attached hydrogens (primary N) is 1. The molecular weight excluding hydrogens is 268 g/mol. The molecule has 0 spiro atoms. The molecule has 1 aromatic rings. The van der Waals surface area contributed by atoms with Crippen LogP contribution in [0.25, 0.3) is 0 Å². The minimum absolute atomic E-state index is 0.0167. The molecule has 0 amide bonds. The van der Waals surface area contributed by atoms with Gasteiger partial charge in [-0.25, -0.2) is 0 Å². The molecule has 0 heterocycles. The van der Waals surface area contributed by atoms with Gasteiger partial charge in [-0.15, -0.1) is 0 Å². The van der Waals surface area contributed by atoms with Crippen LogP contribution in [0.4, 0.5) is 5.69 Å². The van der Waals surface area contributed by atoms with Gasteiger partial charge in [0, 0.05) is 12.1 Å². The van der Waals surface area contributed by atoms with Crippen LogP contribution in [0.5, 0.6) is 0 Å². The molecule has 3 heteroatoms. The molecule has 0 bridgehead atoms. The van der Waals surface area contributed by atoms with Gasteiger partial charge in [-0.2, -0.15) is 0 Å². The van der Waals surface area contributed by atoms with E-state index < -0.39 is 0 Å². The number of benzene rings is 1. The Balaban J connectivity index is 2.10. The molecule has 1 aromatic carbocycles. The van der Waals surface area contributed by atoms with Crippen LogP contribution < -0.4 is 11.1 Å². The summed E-state index contributed by atoms with van der Waals surface area (Å²) in [4.78, 5) is 0. The predicted octanol–water partition coefficient (Wildman–Crippen LogP) is 4.69. The van der Waals surface area contributed by atoms with E-state index >= 15 is 0 Å². The fourth-order valence-corrected chi connectivity index (χ4v) is 3.73. The topological polar surface area (TPSA) is 38.0 Å². The van der Waals surface area contributed by atoms with Crippen molar-refractivity contribution in [3.63, 3.8) is 0 Å². The monoisotopic (exact) mass is 294 g/mol. The molecule has 0 radical (unpaired) electrons. The van der Waals surface area contributed by atoms with Crippen LogP contribution in [-0.4, -0.2) is 12.1 Å². The summed E-state index contributed by atoms with van der Waals surface area (Å²) < 4.78 is 0. The van der Waals surface area contributed by atoms with Crippen LogP contribution in [0.3, 0.4) is 0 Å². The first-order valence-electron chi connectivity index (χ1n) is 7.77. The molecule has 2 unspecified atom stereocenters. The minimum Gasteiger partial charge on any atom is -0.377 e. The van der Waals surface area contributed by atoms with Crippen LogP contribution in [0.2, 0.25) is 5.02 Å². The molecule has 2 rings (SSSR count). The van der Waals surface area contributed by atoms with E-state index in [0.717, 1.165) is 35.4 Å². The number of para-hydroxylation sites is 1. The molecule has 0 aliphatic heterocycles. The van der Waals surface area contributed by atoms with Crippen molar-refractivity contribution in [1.29, 1.82) is 0 Å². The SMILES string of the molecule is CC(C)CC1CCCC(CN)(Nc2ccccc2Cl)C1. The average molecular weight is 295 g/mol. The molecule has 1 aliphatic rings. The molecule has 1 fully saturated rings. The molecule has 20 heavy (non-hydrogen) atoms. The van der Waals surface area contributed by atoms with Crippen molar-refractivity contribution in [2.24, 2.45) is 17.6 Å². The van der Waals surface area contributed by atoms with Gasteiger partial charge in [0.2, 0.25) is 0 Å².